The monoisotopic (exact) mass is 451 g/mol. The van der Waals surface area contributed by atoms with E-state index in [1.807, 2.05) is 60.7 Å². The van der Waals surface area contributed by atoms with Crippen molar-refractivity contribution in [3.05, 3.63) is 96.1 Å². The normalized spacial score (nSPS) is 25.1. The minimum absolute atomic E-state index is 0.0999. The quantitative estimate of drug-likeness (QED) is 0.313. The van der Waals surface area contributed by atoms with Crippen molar-refractivity contribution in [2.24, 2.45) is 23.7 Å². The molecule has 3 aliphatic rings. The van der Waals surface area contributed by atoms with Crippen LogP contribution in [-0.4, -0.2) is 17.8 Å². The summed E-state index contributed by atoms with van der Waals surface area (Å²) in [6.45, 7) is 0. The lowest BCUT2D eigenvalue weighted by Gasteiger charge is -2.19. The molecule has 2 amide bonds. The Kier molecular flexibility index (Phi) is 5.05. The van der Waals surface area contributed by atoms with Crippen LogP contribution >= 0.6 is 0 Å². The van der Waals surface area contributed by atoms with Gasteiger partial charge < -0.3 is 4.74 Å². The van der Waals surface area contributed by atoms with E-state index in [-0.39, 0.29) is 23.7 Å². The highest BCUT2D eigenvalue weighted by atomic mass is 16.5. The topological polar surface area (TPSA) is 63.7 Å². The third-order valence-electron chi connectivity index (χ3n) is 7.72. The van der Waals surface area contributed by atoms with E-state index in [1.54, 1.807) is 24.3 Å². The number of hydrogen-bond acceptors (Lipinski definition) is 4. The number of anilines is 1. The number of ether oxygens (including phenoxy) is 1. The second-order valence-corrected chi connectivity index (χ2v) is 9.57. The molecule has 0 aromatic heterocycles. The number of amides is 2. The molecule has 2 aliphatic carbocycles. The van der Waals surface area contributed by atoms with Crippen LogP contribution < -0.4 is 9.64 Å². The lowest BCUT2D eigenvalue weighted by molar-refractivity contribution is -0.135. The van der Waals surface area contributed by atoms with Crippen molar-refractivity contribution in [3.8, 4) is 5.75 Å². The Labute approximate surface area is 198 Å². The van der Waals surface area contributed by atoms with Gasteiger partial charge in [0.25, 0.3) is 0 Å². The second kappa shape index (κ2) is 8.24. The van der Waals surface area contributed by atoms with Crippen molar-refractivity contribution in [2.45, 2.75) is 25.2 Å². The van der Waals surface area contributed by atoms with E-state index in [1.165, 1.54) is 4.90 Å². The molecule has 2 saturated carbocycles. The summed E-state index contributed by atoms with van der Waals surface area (Å²) in [5.74, 6) is -0.588. The minimum atomic E-state index is -0.587. The Hall–Kier alpha value is -3.73. The maximum atomic E-state index is 13.4. The van der Waals surface area contributed by atoms with Gasteiger partial charge in [0.05, 0.1) is 17.5 Å². The molecule has 170 valence electrons. The molecule has 4 unspecified atom stereocenters. The molecule has 5 heteroatoms. The van der Waals surface area contributed by atoms with E-state index < -0.39 is 11.9 Å². The van der Waals surface area contributed by atoms with Crippen LogP contribution in [0.15, 0.2) is 84.9 Å². The Bertz CT molecular complexity index is 1190. The Morgan fingerprint density at radius 3 is 1.88 bits per heavy atom. The van der Waals surface area contributed by atoms with Crippen LogP contribution in [-0.2, 0) is 14.4 Å². The van der Waals surface area contributed by atoms with Crippen LogP contribution in [0.2, 0.25) is 0 Å². The van der Waals surface area contributed by atoms with Gasteiger partial charge in [-0.3, -0.25) is 14.4 Å². The van der Waals surface area contributed by atoms with Gasteiger partial charge in [0.2, 0.25) is 11.8 Å². The van der Waals surface area contributed by atoms with Gasteiger partial charge in [-0.1, -0.05) is 66.7 Å². The van der Waals surface area contributed by atoms with E-state index in [0.717, 1.165) is 30.4 Å². The predicted octanol–water partition coefficient (Wildman–Crippen LogP) is 4.96. The molecule has 5 nitrogen and oxygen atoms in total. The van der Waals surface area contributed by atoms with Gasteiger partial charge in [-0.15, -0.1) is 0 Å². The van der Waals surface area contributed by atoms with Crippen LogP contribution in [0.5, 0.6) is 5.75 Å². The zero-order valence-corrected chi connectivity index (χ0v) is 18.7. The predicted molar refractivity (Wildman–Crippen MR) is 127 cm³/mol. The van der Waals surface area contributed by atoms with E-state index in [2.05, 4.69) is 0 Å². The molecule has 2 bridgehead atoms. The van der Waals surface area contributed by atoms with Crippen molar-refractivity contribution >= 4 is 23.5 Å². The second-order valence-electron chi connectivity index (χ2n) is 9.57. The van der Waals surface area contributed by atoms with Crippen LogP contribution in [0.25, 0.3) is 0 Å². The van der Waals surface area contributed by atoms with Crippen LogP contribution in [0.3, 0.4) is 0 Å². The van der Waals surface area contributed by atoms with Gasteiger partial charge >= 0.3 is 5.97 Å². The van der Waals surface area contributed by atoms with Crippen LogP contribution in [0, 0.1) is 23.7 Å². The first-order chi connectivity index (χ1) is 16.6. The fourth-order valence-corrected chi connectivity index (χ4v) is 6.28. The average Bonchev–Trinajstić information content (AvgIpc) is 3.54. The first-order valence-corrected chi connectivity index (χ1v) is 11.9. The van der Waals surface area contributed by atoms with Crippen molar-refractivity contribution in [3.63, 3.8) is 0 Å². The van der Waals surface area contributed by atoms with E-state index in [9.17, 15) is 14.4 Å². The van der Waals surface area contributed by atoms with Gasteiger partial charge in [-0.05, 0) is 54.4 Å². The van der Waals surface area contributed by atoms with Crippen molar-refractivity contribution in [1.82, 2.24) is 0 Å². The zero-order valence-electron chi connectivity index (χ0n) is 18.7. The first-order valence-electron chi connectivity index (χ1n) is 11.9. The van der Waals surface area contributed by atoms with Crippen molar-refractivity contribution < 1.29 is 19.1 Å². The highest BCUT2D eigenvalue weighted by Crippen LogP contribution is 2.56. The molecule has 3 aromatic carbocycles. The molecule has 3 fully saturated rings. The first kappa shape index (κ1) is 20.8. The summed E-state index contributed by atoms with van der Waals surface area (Å²) in [6, 6.07) is 25.8. The SMILES string of the molecule is O=C(Oc1cccc(N2C(=O)C3C4CCC(C4)C3C2=O)c1)C(c1ccccc1)c1ccccc1. The molecule has 3 aromatic rings. The summed E-state index contributed by atoms with van der Waals surface area (Å²) in [4.78, 5) is 41.1. The van der Waals surface area contributed by atoms with E-state index in [0.29, 0.717) is 23.3 Å². The summed E-state index contributed by atoms with van der Waals surface area (Å²) in [6.07, 6.45) is 3.08. The zero-order chi connectivity index (χ0) is 23.2. The van der Waals surface area contributed by atoms with Gasteiger partial charge in [-0.25, -0.2) is 4.90 Å². The Morgan fingerprint density at radius 2 is 1.32 bits per heavy atom. The van der Waals surface area contributed by atoms with E-state index >= 15 is 0 Å². The third-order valence-corrected chi connectivity index (χ3v) is 7.72. The highest BCUT2D eigenvalue weighted by Gasteiger charge is 2.61. The van der Waals surface area contributed by atoms with Gasteiger partial charge in [0.15, 0.2) is 0 Å². The maximum absolute atomic E-state index is 13.4. The van der Waals surface area contributed by atoms with Crippen LogP contribution in [0.1, 0.15) is 36.3 Å². The fourth-order valence-electron chi connectivity index (χ4n) is 6.28. The minimum Gasteiger partial charge on any atom is -0.426 e. The molecule has 34 heavy (non-hydrogen) atoms. The largest absolute Gasteiger partial charge is 0.426 e. The molecule has 6 rings (SSSR count). The third kappa shape index (κ3) is 3.35. The number of carbonyl (C=O) groups is 3. The summed E-state index contributed by atoms with van der Waals surface area (Å²) in [5.41, 5.74) is 2.15. The van der Waals surface area contributed by atoms with Crippen molar-refractivity contribution in [2.75, 3.05) is 4.90 Å². The summed E-state index contributed by atoms with van der Waals surface area (Å²) in [5, 5.41) is 0. The molecular formula is C29H25NO4. The number of fused-ring (bicyclic) bond motifs is 5. The number of benzene rings is 3. The van der Waals surface area contributed by atoms with E-state index in [4.69, 9.17) is 4.74 Å². The average molecular weight is 452 g/mol. The van der Waals surface area contributed by atoms with Crippen LogP contribution in [0.4, 0.5) is 5.69 Å². The summed E-state index contributed by atoms with van der Waals surface area (Å²) < 4.78 is 5.82. The Balaban J connectivity index is 1.28. The molecule has 4 atom stereocenters. The number of carbonyl (C=O) groups excluding carboxylic acids is 3. The Morgan fingerprint density at radius 1 is 0.765 bits per heavy atom. The van der Waals surface area contributed by atoms with Crippen molar-refractivity contribution in [1.29, 1.82) is 0 Å². The standard InChI is InChI=1S/C29H25NO4/c31-27-25-20-14-15-21(16-20)26(25)28(32)30(27)22-12-7-13-23(17-22)34-29(33)24(18-8-3-1-4-9-18)19-10-5-2-6-11-19/h1-13,17,20-21,24-26H,14-16H2. The van der Waals surface area contributed by atoms with Gasteiger partial charge in [0.1, 0.15) is 11.7 Å². The molecular weight excluding hydrogens is 426 g/mol. The van der Waals surface area contributed by atoms with Gasteiger partial charge in [-0.2, -0.15) is 0 Å². The lowest BCUT2D eigenvalue weighted by atomic mass is 9.81. The number of rotatable bonds is 5. The summed E-state index contributed by atoms with van der Waals surface area (Å²) >= 11 is 0. The molecule has 0 N–H and O–H groups in total. The lowest BCUT2D eigenvalue weighted by Crippen LogP contribution is -2.32. The maximum Gasteiger partial charge on any atom is 0.323 e. The summed E-state index contributed by atoms with van der Waals surface area (Å²) in [7, 11) is 0. The number of imide groups is 1. The number of nitrogens with zero attached hydrogens (tertiary/aromatic N) is 1. The molecule has 1 aliphatic heterocycles. The molecule has 1 saturated heterocycles. The highest BCUT2D eigenvalue weighted by molar-refractivity contribution is 6.22. The number of esters is 1. The smallest absolute Gasteiger partial charge is 0.323 e. The van der Waals surface area contributed by atoms with Gasteiger partial charge in [0, 0.05) is 6.07 Å². The molecule has 0 spiro atoms. The fraction of sp³-hybridized carbons (Fsp3) is 0.276. The molecule has 0 radical (unpaired) electrons. The number of hydrogen-bond donors (Lipinski definition) is 0. The molecule has 1 heterocycles.